The number of halogens is 1. The van der Waals surface area contributed by atoms with Gasteiger partial charge < -0.3 is 24.5 Å². The Hall–Kier alpha value is -1.76. The van der Waals surface area contributed by atoms with Gasteiger partial charge >= 0.3 is 0 Å². The van der Waals surface area contributed by atoms with Crippen molar-refractivity contribution in [3.8, 4) is 5.75 Å². The van der Waals surface area contributed by atoms with Crippen molar-refractivity contribution < 1.29 is 19.0 Å². The number of H-pyrrole nitrogens is 1. The van der Waals surface area contributed by atoms with E-state index in [2.05, 4.69) is 10.3 Å². The van der Waals surface area contributed by atoms with Gasteiger partial charge in [0.25, 0.3) is 0 Å². The molecule has 0 aliphatic carbocycles. The van der Waals surface area contributed by atoms with E-state index in [0.717, 1.165) is 16.6 Å². The third-order valence-corrected chi connectivity index (χ3v) is 3.86. The van der Waals surface area contributed by atoms with Gasteiger partial charge in [-0.25, -0.2) is 0 Å². The minimum atomic E-state index is -0.0746. The molecule has 0 radical (unpaired) electrons. The predicted molar refractivity (Wildman–Crippen MR) is 86.9 cm³/mol. The third kappa shape index (κ3) is 4.16. The standard InChI is InChI=1S/C16H19ClN2O4/c1-10(20)18-7-12-4-11-5-14(17)16(6-15(11)19-12)23-9-13-8-21-2-3-22-13/h4-6,13,19H,2-3,7-9H2,1H3,(H,18,20). The van der Waals surface area contributed by atoms with Crippen molar-refractivity contribution in [1.82, 2.24) is 10.3 Å². The average Bonchev–Trinajstić information content (AvgIpc) is 2.93. The van der Waals surface area contributed by atoms with Crippen LogP contribution in [0.3, 0.4) is 0 Å². The summed E-state index contributed by atoms with van der Waals surface area (Å²) < 4.78 is 16.7. The number of rotatable bonds is 5. The summed E-state index contributed by atoms with van der Waals surface area (Å²) in [4.78, 5) is 14.2. The van der Waals surface area contributed by atoms with E-state index in [1.165, 1.54) is 6.92 Å². The van der Waals surface area contributed by atoms with Gasteiger partial charge in [0.15, 0.2) is 0 Å². The maximum atomic E-state index is 11.0. The average molecular weight is 339 g/mol. The van der Waals surface area contributed by atoms with Crippen molar-refractivity contribution in [1.29, 1.82) is 0 Å². The molecule has 23 heavy (non-hydrogen) atoms. The molecule has 1 aromatic heterocycles. The van der Waals surface area contributed by atoms with Gasteiger partial charge in [0.05, 0.1) is 31.4 Å². The van der Waals surface area contributed by atoms with Gasteiger partial charge in [-0.1, -0.05) is 11.6 Å². The third-order valence-electron chi connectivity index (χ3n) is 3.57. The first kappa shape index (κ1) is 16.1. The summed E-state index contributed by atoms with van der Waals surface area (Å²) in [5, 5.41) is 4.27. The number of nitrogens with one attached hydrogen (secondary N) is 2. The van der Waals surface area contributed by atoms with Crippen LogP contribution in [-0.4, -0.2) is 43.4 Å². The number of carbonyl (C=O) groups is 1. The lowest BCUT2D eigenvalue weighted by molar-refractivity contribution is -0.119. The van der Waals surface area contributed by atoms with Gasteiger partial charge in [0.1, 0.15) is 18.5 Å². The first-order valence-electron chi connectivity index (χ1n) is 7.49. The van der Waals surface area contributed by atoms with Crippen LogP contribution in [0, 0.1) is 0 Å². The molecule has 1 aliphatic heterocycles. The van der Waals surface area contributed by atoms with Crippen LogP contribution >= 0.6 is 11.6 Å². The smallest absolute Gasteiger partial charge is 0.217 e. The number of aromatic nitrogens is 1. The molecule has 2 N–H and O–H groups in total. The number of benzene rings is 1. The summed E-state index contributed by atoms with van der Waals surface area (Å²) in [5.74, 6) is 0.529. The Labute approximate surface area is 139 Å². The minimum Gasteiger partial charge on any atom is -0.489 e. The number of fused-ring (bicyclic) bond motifs is 1. The maximum absolute atomic E-state index is 11.0. The largest absolute Gasteiger partial charge is 0.489 e. The first-order chi connectivity index (χ1) is 11.1. The quantitative estimate of drug-likeness (QED) is 0.877. The number of aromatic amines is 1. The summed E-state index contributed by atoms with van der Waals surface area (Å²) in [5.41, 5.74) is 1.82. The predicted octanol–water partition coefficient (Wildman–Crippen LogP) is 2.25. The molecule has 3 rings (SSSR count). The molecule has 1 aromatic carbocycles. The molecule has 124 valence electrons. The van der Waals surface area contributed by atoms with E-state index in [-0.39, 0.29) is 12.0 Å². The summed E-state index contributed by atoms with van der Waals surface area (Å²) in [6.45, 7) is 4.08. The Morgan fingerprint density at radius 2 is 2.30 bits per heavy atom. The van der Waals surface area contributed by atoms with Crippen molar-refractivity contribution >= 4 is 28.4 Å². The Morgan fingerprint density at radius 1 is 1.43 bits per heavy atom. The Balaban J connectivity index is 1.70. The van der Waals surface area contributed by atoms with E-state index in [1.807, 2.05) is 18.2 Å². The van der Waals surface area contributed by atoms with Crippen molar-refractivity contribution in [3.63, 3.8) is 0 Å². The van der Waals surface area contributed by atoms with Crippen molar-refractivity contribution in [2.45, 2.75) is 19.6 Å². The zero-order chi connectivity index (χ0) is 16.2. The number of amides is 1. The molecule has 2 heterocycles. The van der Waals surface area contributed by atoms with Gasteiger partial charge in [-0.15, -0.1) is 0 Å². The lowest BCUT2D eigenvalue weighted by Crippen LogP contribution is -2.33. The Morgan fingerprint density at radius 3 is 3.04 bits per heavy atom. The molecule has 6 nitrogen and oxygen atoms in total. The van der Waals surface area contributed by atoms with Crippen LogP contribution in [0.1, 0.15) is 12.6 Å². The van der Waals surface area contributed by atoms with Gasteiger partial charge in [-0.3, -0.25) is 4.79 Å². The second kappa shape index (κ2) is 7.21. The molecule has 0 spiro atoms. The van der Waals surface area contributed by atoms with Gasteiger partial charge in [0.2, 0.25) is 5.91 Å². The van der Waals surface area contributed by atoms with Crippen LogP contribution in [-0.2, 0) is 20.8 Å². The fourth-order valence-corrected chi connectivity index (χ4v) is 2.66. The molecule has 7 heteroatoms. The number of carbonyl (C=O) groups excluding carboxylic acids is 1. The lowest BCUT2D eigenvalue weighted by atomic mass is 10.2. The van der Waals surface area contributed by atoms with E-state index in [9.17, 15) is 4.79 Å². The summed E-state index contributed by atoms with van der Waals surface area (Å²) >= 11 is 6.28. The Bertz CT molecular complexity index is 695. The molecule has 1 unspecified atom stereocenters. The van der Waals surface area contributed by atoms with Crippen molar-refractivity contribution in [3.05, 3.63) is 28.9 Å². The van der Waals surface area contributed by atoms with Gasteiger partial charge in [-0.05, 0) is 12.1 Å². The minimum absolute atomic E-state index is 0.0691. The highest BCUT2D eigenvalue weighted by Gasteiger charge is 2.16. The molecule has 1 amide bonds. The molecular formula is C16H19ClN2O4. The van der Waals surface area contributed by atoms with Crippen LogP contribution in [0.4, 0.5) is 0 Å². The molecule has 1 atom stereocenters. The van der Waals surface area contributed by atoms with Crippen LogP contribution in [0.25, 0.3) is 10.9 Å². The van der Waals surface area contributed by atoms with E-state index >= 15 is 0 Å². The van der Waals surface area contributed by atoms with Crippen LogP contribution in [0.15, 0.2) is 18.2 Å². The highest BCUT2D eigenvalue weighted by molar-refractivity contribution is 6.32. The van der Waals surface area contributed by atoms with Crippen molar-refractivity contribution in [2.24, 2.45) is 0 Å². The number of hydrogen-bond acceptors (Lipinski definition) is 4. The second-order valence-electron chi connectivity index (χ2n) is 5.45. The molecular weight excluding hydrogens is 320 g/mol. The summed E-state index contributed by atoms with van der Waals surface area (Å²) in [6, 6.07) is 5.66. The zero-order valence-corrected chi connectivity index (χ0v) is 13.6. The highest BCUT2D eigenvalue weighted by atomic mass is 35.5. The molecule has 0 saturated carbocycles. The van der Waals surface area contributed by atoms with Crippen LogP contribution < -0.4 is 10.1 Å². The second-order valence-corrected chi connectivity index (χ2v) is 5.86. The zero-order valence-electron chi connectivity index (χ0n) is 12.9. The SMILES string of the molecule is CC(=O)NCc1cc2cc(Cl)c(OCC3COCCO3)cc2[nH]1. The molecule has 1 saturated heterocycles. The number of hydrogen-bond donors (Lipinski definition) is 2. The number of ether oxygens (including phenoxy) is 3. The van der Waals surface area contributed by atoms with Crippen molar-refractivity contribution in [2.75, 3.05) is 26.4 Å². The molecule has 2 aromatic rings. The van der Waals surface area contributed by atoms with Gasteiger partial charge in [0, 0.05) is 29.6 Å². The fourth-order valence-electron chi connectivity index (χ4n) is 2.43. The monoisotopic (exact) mass is 338 g/mol. The summed E-state index contributed by atoms with van der Waals surface area (Å²) in [6.07, 6.45) is -0.0746. The van der Waals surface area contributed by atoms with Crippen LogP contribution in [0.2, 0.25) is 5.02 Å². The molecule has 1 fully saturated rings. The fraction of sp³-hybridized carbons (Fsp3) is 0.438. The van der Waals surface area contributed by atoms with E-state index in [1.54, 1.807) is 0 Å². The highest BCUT2D eigenvalue weighted by Crippen LogP contribution is 2.30. The molecule has 1 aliphatic rings. The lowest BCUT2D eigenvalue weighted by Gasteiger charge is -2.23. The topological polar surface area (TPSA) is 72.6 Å². The van der Waals surface area contributed by atoms with Crippen LogP contribution in [0.5, 0.6) is 5.75 Å². The van der Waals surface area contributed by atoms with Gasteiger partial charge in [-0.2, -0.15) is 0 Å². The normalized spacial score (nSPS) is 18.1. The van der Waals surface area contributed by atoms with E-state index in [0.29, 0.717) is 43.7 Å². The molecule has 0 bridgehead atoms. The maximum Gasteiger partial charge on any atom is 0.217 e. The Kier molecular flexibility index (Phi) is 5.05. The van der Waals surface area contributed by atoms with E-state index < -0.39 is 0 Å². The van der Waals surface area contributed by atoms with E-state index in [4.69, 9.17) is 25.8 Å². The summed E-state index contributed by atoms with van der Waals surface area (Å²) in [7, 11) is 0. The first-order valence-corrected chi connectivity index (χ1v) is 7.87.